The van der Waals surface area contributed by atoms with Crippen molar-refractivity contribution in [2.75, 3.05) is 6.54 Å². The van der Waals surface area contributed by atoms with E-state index in [2.05, 4.69) is 22.5 Å². The largest absolute Gasteiger partial charge is 0.444 e. The minimum atomic E-state index is -0.975. The van der Waals surface area contributed by atoms with E-state index in [9.17, 15) is 24.0 Å². The van der Waals surface area contributed by atoms with E-state index in [4.69, 9.17) is 4.74 Å². The molecule has 10 heteroatoms. The Kier molecular flexibility index (Phi) is 10.6. The normalized spacial score (nSPS) is 24.4. The molecule has 1 aliphatic heterocycles. The number of alkyl carbamates (subject to hydrolysis) is 1. The zero-order chi connectivity index (χ0) is 28.7. The maximum Gasteiger partial charge on any atom is 0.408 e. The van der Waals surface area contributed by atoms with E-state index < -0.39 is 47.4 Å². The molecule has 2 aliphatic carbocycles. The van der Waals surface area contributed by atoms with Crippen LogP contribution in [-0.2, 0) is 23.9 Å². The quantitative estimate of drug-likeness (QED) is 0.269. The van der Waals surface area contributed by atoms with Crippen LogP contribution in [0.15, 0.2) is 12.7 Å². The first-order valence-corrected chi connectivity index (χ1v) is 14.5. The molecular weight excluding hydrogens is 500 g/mol. The smallest absolute Gasteiger partial charge is 0.408 e. The van der Waals surface area contributed by atoms with E-state index in [-0.39, 0.29) is 30.3 Å². The van der Waals surface area contributed by atoms with Crippen LogP contribution >= 0.6 is 0 Å². The zero-order valence-electron chi connectivity index (χ0n) is 23.9. The van der Waals surface area contributed by atoms with Gasteiger partial charge in [0.25, 0.3) is 5.91 Å². The number of hydrogen-bond donors (Lipinski definition) is 3. The number of piperidine rings is 1. The second kappa shape index (κ2) is 13.4. The van der Waals surface area contributed by atoms with Gasteiger partial charge in [-0.05, 0) is 71.1 Å². The van der Waals surface area contributed by atoms with Crippen molar-refractivity contribution < 1.29 is 28.7 Å². The van der Waals surface area contributed by atoms with Crippen molar-refractivity contribution in [3.8, 4) is 0 Å². The molecule has 1 saturated heterocycles. The lowest BCUT2D eigenvalue weighted by molar-refractivity contribution is -0.147. The topological polar surface area (TPSA) is 134 Å². The fourth-order valence-corrected chi connectivity index (χ4v) is 6.31. The molecule has 3 fully saturated rings. The van der Waals surface area contributed by atoms with E-state index in [1.165, 1.54) is 6.08 Å². The first-order chi connectivity index (χ1) is 18.5. The highest BCUT2D eigenvalue weighted by atomic mass is 16.6. The lowest BCUT2D eigenvalue weighted by Gasteiger charge is -2.40. The molecule has 0 spiro atoms. The summed E-state index contributed by atoms with van der Waals surface area (Å²) in [5, 5.41) is 8.13. The van der Waals surface area contributed by atoms with Crippen molar-refractivity contribution in [1.29, 1.82) is 0 Å². The Morgan fingerprint density at radius 1 is 1.03 bits per heavy atom. The summed E-state index contributed by atoms with van der Waals surface area (Å²) in [5.41, 5.74) is -0.710. The third-order valence-corrected chi connectivity index (χ3v) is 8.01. The maximum atomic E-state index is 14.2. The monoisotopic (exact) mass is 546 g/mol. The van der Waals surface area contributed by atoms with Crippen molar-refractivity contribution >= 4 is 29.6 Å². The van der Waals surface area contributed by atoms with Crippen LogP contribution in [-0.4, -0.2) is 70.8 Å². The summed E-state index contributed by atoms with van der Waals surface area (Å²) >= 11 is 0. The highest BCUT2D eigenvalue weighted by Gasteiger charge is 2.53. The van der Waals surface area contributed by atoms with E-state index in [1.807, 2.05) is 6.92 Å². The van der Waals surface area contributed by atoms with Gasteiger partial charge >= 0.3 is 6.09 Å². The molecule has 3 rings (SSSR count). The lowest BCUT2D eigenvalue weighted by Crippen LogP contribution is -2.61. The summed E-state index contributed by atoms with van der Waals surface area (Å²) in [5.74, 6) is -2.22. The van der Waals surface area contributed by atoms with Crippen LogP contribution in [0.1, 0.15) is 91.9 Å². The van der Waals surface area contributed by atoms with Crippen molar-refractivity contribution in [2.24, 2.45) is 11.8 Å². The summed E-state index contributed by atoms with van der Waals surface area (Å²) in [7, 11) is 0. The van der Waals surface area contributed by atoms with E-state index >= 15 is 0 Å². The standard InChI is InChI=1S/C29H46N4O6/c1-6-11-21(24(34)26(36)30-16-7-2)31-25(35)23-19-14-15-20(17-19)33(23)27(37)22(18-12-9-8-10-13-18)32-28(38)39-29(3,4)5/h7,18-23H,2,6,8-17H2,1,3-5H3,(H,30,36)(H,31,35)(H,32,38)/t19?,20?,21?,22-,23?/m0/s1. The van der Waals surface area contributed by atoms with Gasteiger partial charge in [-0.1, -0.05) is 38.7 Å². The number of hydrogen-bond acceptors (Lipinski definition) is 6. The van der Waals surface area contributed by atoms with Crippen molar-refractivity contribution in [3.05, 3.63) is 12.7 Å². The number of amides is 4. The Hall–Kier alpha value is -2.91. The Morgan fingerprint density at radius 3 is 2.33 bits per heavy atom. The number of nitrogens with one attached hydrogen (secondary N) is 3. The van der Waals surface area contributed by atoms with Gasteiger partial charge < -0.3 is 25.6 Å². The molecule has 3 aliphatic rings. The molecule has 10 nitrogen and oxygen atoms in total. The number of ether oxygens (including phenoxy) is 1. The molecule has 0 aromatic carbocycles. The average molecular weight is 547 g/mol. The van der Waals surface area contributed by atoms with Crippen LogP contribution < -0.4 is 16.0 Å². The van der Waals surface area contributed by atoms with Crippen LogP contribution in [0.25, 0.3) is 0 Å². The summed E-state index contributed by atoms with van der Waals surface area (Å²) in [6.45, 7) is 10.9. The number of carbonyl (C=O) groups is 5. The van der Waals surface area contributed by atoms with Crippen LogP contribution in [0.4, 0.5) is 4.79 Å². The average Bonchev–Trinajstić information content (AvgIpc) is 3.51. The fourth-order valence-electron chi connectivity index (χ4n) is 6.31. The third-order valence-electron chi connectivity index (χ3n) is 8.01. The van der Waals surface area contributed by atoms with Crippen LogP contribution in [0, 0.1) is 11.8 Å². The number of nitrogens with zero attached hydrogens (tertiary/aromatic N) is 1. The highest BCUT2D eigenvalue weighted by molar-refractivity contribution is 6.38. The highest BCUT2D eigenvalue weighted by Crippen LogP contribution is 2.43. The number of Topliss-reactive ketones (excluding diaryl/α,β-unsaturated/α-hetero) is 1. The molecule has 1 heterocycles. The lowest BCUT2D eigenvalue weighted by atomic mass is 9.83. The van der Waals surface area contributed by atoms with Gasteiger partial charge in [0.15, 0.2) is 0 Å². The molecule has 5 atom stereocenters. The molecule has 0 radical (unpaired) electrons. The van der Waals surface area contributed by atoms with Gasteiger partial charge in [0.1, 0.15) is 17.7 Å². The van der Waals surface area contributed by atoms with Crippen LogP contribution in [0.3, 0.4) is 0 Å². The zero-order valence-corrected chi connectivity index (χ0v) is 23.9. The van der Waals surface area contributed by atoms with Gasteiger partial charge in [-0.25, -0.2) is 4.79 Å². The number of carbonyl (C=O) groups excluding carboxylic acids is 5. The van der Waals surface area contributed by atoms with Crippen LogP contribution in [0.5, 0.6) is 0 Å². The molecule has 39 heavy (non-hydrogen) atoms. The molecule has 218 valence electrons. The first-order valence-electron chi connectivity index (χ1n) is 14.5. The molecule has 3 N–H and O–H groups in total. The summed E-state index contributed by atoms with van der Waals surface area (Å²) < 4.78 is 5.48. The third kappa shape index (κ3) is 7.82. The van der Waals surface area contributed by atoms with Crippen molar-refractivity contribution in [1.82, 2.24) is 20.9 Å². The number of ketones is 1. The molecule has 2 saturated carbocycles. The number of rotatable bonds is 11. The molecule has 4 amide bonds. The molecule has 0 aromatic rings. The Morgan fingerprint density at radius 2 is 1.72 bits per heavy atom. The van der Waals surface area contributed by atoms with E-state index in [0.717, 1.165) is 44.9 Å². The minimum absolute atomic E-state index is 0.0283. The molecule has 0 aromatic heterocycles. The van der Waals surface area contributed by atoms with Gasteiger partial charge in [-0.3, -0.25) is 19.2 Å². The second-order valence-corrected chi connectivity index (χ2v) is 12.2. The van der Waals surface area contributed by atoms with E-state index in [1.54, 1.807) is 25.7 Å². The summed E-state index contributed by atoms with van der Waals surface area (Å²) in [6, 6.07) is -2.60. The number of fused-ring (bicyclic) bond motifs is 2. The Bertz CT molecular complexity index is 939. The first kappa shape index (κ1) is 30.6. The Labute approximate surface area is 232 Å². The van der Waals surface area contributed by atoms with Crippen LogP contribution in [0.2, 0.25) is 0 Å². The van der Waals surface area contributed by atoms with Gasteiger partial charge in [0.05, 0.1) is 6.04 Å². The van der Waals surface area contributed by atoms with Gasteiger partial charge in [-0.2, -0.15) is 0 Å². The molecule has 2 bridgehead atoms. The summed E-state index contributed by atoms with van der Waals surface area (Å²) in [6.07, 6.45) is 8.75. The minimum Gasteiger partial charge on any atom is -0.444 e. The Balaban J connectivity index is 1.81. The SMILES string of the molecule is C=CCNC(=O)C(=O)C(CCC)NC(=O)C1C2CCC(C2)N1C(=O)[C@@H](NC(=O)OC(C)(C)C)C1CCCCC1. The van der Waals surface area contributed by atoms with Gasteiger partial charge in [0, 0.05) is 12.6 Å². The van der Waals surface area contributed by atoms with E-state index in [0.29, 0.717) is 19.3 Å². The predicted octanol–water partition coefficient (Wildman–Crippen LogP) is 3.00. The summed E-state index contributed by atoms with van der Waals surface area (Å²) in [4.78, 5) is 67.4. The molecule has 4 unspecified atom stereocenters. The van der Waals surface area contributed by atoms with Gasteiger partial charge in [0.2, 0.25) is 17.6 Å². The van der Waals surface area contributed by atoms with Crippen molar-refractivity contribution in [3.63, 3.8) is 0 Å². The molecular formula is C29H46N4O6. The maximum absolute atomic E-state index is 14.2. The second-order valence-electron chi connectivity index (χ2n) is 12.2. The van der Waals surface area contributed by atoms with Gasteiger partial charge in [-0.15, -0.1) is 6.58 Å². The number of likely N-dealkylation sites (tertiary alicyclic amines) is 1. The van der Waals surface area contributed by atoms with Crippen molar-refractivity contribution in [2.45, 2.75) is 122 Å². The fraction of sp³-hybridized carbons (Fsp3) is 0.759. The predicted molar refractivity (Wildman–Crippen MR) is 147 cm³/mol.